The van der Waals surface area contributed by atoms with Gasteiger partial charge >= 0.3 is 5.97 Å². The highest BCUT2D eigenvalue weighted by molar-refractivity contribution is 5.68. The van der Waals surface area contributed by atoms with Crippen molar-refractivity contribution >= 4 is 11.8 Å². The molecule has 2 N–H and O–H groups in total. The van der Waals surface area contributed by atoms with Crippen LogP contribution in [0.4, 0.5) is 5.82 Å². The maximum absolute atomic E-state index is 11.3. The number of ether oxygens (including phenoxy) is 2. The fourth-order valence-corrected chi connectivity index (χ4v) is 4.17. The zero-order valence-corrected chi connectivity index (χ0v) is 18.5. The summed E-state index contributed by atoms with van der Waals surface area (Å²) in [6.45, 7) is 0.966. The molecule has 0 amide bonds. The molecule has 0 radical (unpaired) electrons. The second-order valence-electron chi connectivity index (χ2n) is 8.05. The van der Waals surface area contributed by atoms with Crippen LogP contribution in [-0.4, -0.2) is 41.8 Å². The first-order valence-corrected chi connectivity index (χ1v) is 11.1. The van der Waals surface area contributed by atoms with E-state index in [9.17, 15) is 9.90 Å². The Bertz CT molecular complexity index is 837. The number of aliphatic carboxylic acids is 1. The van der Waals surface area contributed by atoms with E-state index in [0.29, 0.717) is 5.88 Å². The number of aryl methyl sites for hydroxylation is 1. The van der Waals surface area contributed by atoms with E-state index in [0.717, 1.165) is 80.7 Å². The molecular formula is C24H33N3O4. The standard InChI is InChI=1S/C24H33N3O4/c1-30-21-15-19(27-24-20(21)10-7-13-25-24)9-6-4-3-5-8-17(14-23(28)29)18-11-12-22(31-2)26-16-18/h11-12,15-17H,3-10,13-14H2,1-2H3,(H,25,27)(H,28,29). The van der Waals surface area contributed by atoms with Crippen molar-refractivity contribution in [1.29, 1.82) is 0 Å². The number of aromatic nitrogens is 2. The average Bonchev–Trinajstić information content (AvgIpc) is 2.79. The van der Waals surface area contributed by atoms with Gasteiger partial charge in [-0.15, -0.1) is 0 Å². The second-order valence-corrected chi connectivity index (χ2v) is 8.05. The number of fused-ring (bicyclic) bond motifs is 1. The first-order valence-electron chi connectivity index (χ1n) is 11.1. The molecule has 31 heavy (non-hydrogen) atoms. The molecule has 3 rings (SSSR count). The lowest BCUT2D eigenvalue weighted by atomic mass is 9.91. The summed E-state index contributed by atoms with van der Waals surface area (Å²) in [6, 6.07) is 5.78. The van der Waals surface area contributed by atoms with E-state index in [1.807, 2.05) is 6.07 Å². The van der Waals surface area contributed by atoms with Crippen molar-refractivity contribution < 1.29 is 19.4 Å². The number of rotatable bonds is 12. The Morgan fingerprint density at radius 2 is 2.03 bits per heavy atom. The fraction of sp³-hybridized carbons (Fsp3) is 0.542. The molecule has 7 nitrogen and oxygen atoms in total. The fourth-order valence-electron chi connectivity index (χ4n) is 4.17. The van der Waals surface area contributed by atoms with Gasteiger partial charge in [-0.2, -0.15) is 0 Å². The van der Waals surface area contributed by atoms with Gasteiger partial charge in [-0.25, -0.2) is 9.97 Å². The Morgan fingerprint density at radius 1 is 1.19 bits per heavy atom. The Hall–Kier alpha value is -2.83. The topological polar surface area (TPSA) is 93.6 Å². The zero-order chi connectivity index (χ0) is 22.1. The molecule has 1 unspecified atom stereocenters. The van der Waals surface area contributed by atoms with Gasteiger partial charge in [0.05, 0.1) is 20.6 Å². The molecule has 2 aromatic rings. The van der Waals surface area contributed by atoms with Crippen molar-refractivity contribution in [3.05, 3.63) is 41.2 Å². The molecule has 0 aromatic carbocycles. The Morgan fingerprint density at radius 3 is 2.74 bits per heavy atom. The van der Waals surface area contributed by atoms with Gasteiger partial charge in [0.25, 0.3) is 0 Å². The number of anilines is 1. The van der Waals surface area contributed by atoms with E-state index in [2.05, 4.69) is 16.4 Å². The Labute approximate surface area is 184 Å². The molecule has 1 atom stereocenters. The summed E-state index contributed by atoms with van der Waals surface area (Å²) in [6.07, 6.45) is 9.96. The van der Waals surface area contributed by atoms with E-state index in [1.54, 1.807) is 26.5 Å². The number of carbonyl (C=O) groups is 1. The summed E-state index contributed by atoms with van der Waals surface area (Å²) in [5.41, 5.74) is 3.22. The van der Waals surface area contributed by atoms with E-state index >= 15 is 0 Å². The predicted octanol–water partition coefficient (Wildman–Crippen LogP) is 4.60. The van der Waals surface area contributed by atoms with E-state index < -0.39 is 5.97 Å². The molecule has 7 heteroatoms. The summed E-state index contributed by atoms with van der Waals surface area (Å²) < 4.78 is 10.7. The zero-order valence-electron chi connectivity index (χ0n) is 18.5. The minimum absolute atomic E-state index is 0.0199. The van der Waals surface area contributed by atoms with Crippen LogP contribution in [0.5, 0.6) is 11.6 Å². The van der Waals surface area contributed by atoms with Gasteiger partial charge in [0.15, 0.2) is 0 Å². The van der Waals surface area contributed by atoms with Crippen LogP contribution in [0.1, 0.15) is 67.7 Å². The highest BCUT2D eigenvalue weighted by Crippen LogP contribution is 2.31. The van der Waals surface area contributed by atoms with Crippen LogP contribution in [0.25, 0.3) is 0 Å². The molecule has 168 valence electrons. The highest BCUT2D eigenvalue weighted by atomic mass is 16.5. The van der Waals surface area contributed by atoms with Gasteiger partial charge in [-0.05, 0) is 43.6 Å². The summed E-state index contributed by atoms with van der Waals surface area (Å²) >= 11 is 0. The highest BCUT2D eigenvalue weighted by Gasteiger charge is 2.17. The molecule has 2 aromatic heterocycles. The summed E-state index contributed by atoms with van der Waals surface area (Å²) in [5, 5.41) is 12.7. The van der Waals surface area contributed by atoms with E-state index in [4.69, 9.17) is 14.5 Å². The third-order valence-corrected chi connectivity index (χ3v) is 5.85. The molecule has 0 saturated carbocycles. The lowest BCUT2D eigenvalue weighted by Gasteiger charge is -2.20. The van der Waals surface area contributed by atoms with Gasteiger partial charge in [0.1, 0.15) is 11.6 Å². The molecule has 0 saturated heterocycles. The monoisotopic (exact) mass is 427 g/mol. The van der Waals surface area contributed by atoms with Crippen molar-refractivity contribution in [3.8, 4) is 11.6 Å². The maximum Gasteiger partial charge on any atom is 0.303 e. The Balaban J connectivity index is 1.45. The van der Waals surface area contributed by atoms with Crippen LogP contribution in [0.3, 0.4) is 0 Å². The van der Waals surface area contributed by atoms with Crippen molar-refractivity contribution in [3.63, 3.8) is 0 Å². The molecular weight excluding hydrogens is 394 g/mol. The molecule has 0 fully saturated rings. The number of methoxy groups -OCH3 is 2. The Kier molecular flexibility index (Phi) is 8.50. The predicted molar refractivity (Wildman–Crippen MR) is 120 cm³/mol. The average molecular weight is 428 g/mol. The van der Waals surface area contributed by atoms with Crippen molar-refractivity contribution in [2.75, 3.05) is 26.1 Å². The number of unbranched alkanes of at least 4 members (excludes halogenated alkanes) is 3. The van der Waals surface area contributed by atoms with Crippen LogP contribution in [-0.2, 0) is 17.6 Å². The smallest absolute Gasteiger partial charge is 0.303 e. The largest absolute Gasteiger partial charge is 0.496 e. The first kappa shape index (κ1) is 22.8. The van der Waals surface area contributed by atoms with Gasteiger partial charge < -0.3 is 19.9 Å². The molecule has 1 aliphatic rings. The number of carboxylic acid groups (broad SMARTS) is 1. The lowest BCUT2D eigenvalue weighted by Crippen LogP contribution is -2.15. The summed E-state index contributed by atoms with van der Waals surface area (Å²) in [7, 11) is 3.29. The quantitative estimate of drug-likeness (QED) is 0.478. The minimum Gasteiger partial charge on any atom is -0.496 e. The number of carboxylic acids is 1. The normalized spacial score (nSPS) is 13.7. The minimum atomic E-state index is -0.776. The van der Waals surface area contributed by atoms with Gasteiger partial charge in [-0.1, -0.05) is 25.3 Å². The molecule has 0 aliphatic carbocycles. The third kappa shape index (κ3) is 6.57. The van der Waals surface area contributed by atoms with Crippen LogP contribution < -0.4 is 14.8 Å². The maximum atomic E-state index is 11.3. The SMILES string of the molecule is COc1ccc(C(CCCCCCc2cc(OC)c3c(n2)NCCC3)CC(=O)O)cn1. The van der Waals surface area contributed by atoms with Crippen LogP contribution >= 0.6 is 0 Å². The number of nitrogens with zero attached hydrogens (tertiary/aromatic N) is 2. The molecule has 0 bridgehead atoms. The van der Waals surface area contributed by atoms with Crippen LogP contribution in [0, 0.1) is 0 Å². The number of hydrogen-bond acceptors (Lipinski definition) is 6. The summed E-state index contributed by atoms with van der Waals surface area (Å²) in [4.78, 5) is 20.3. The van der Waals surface area contributed by atoms with Crippen molar-refractivity contribution in [1.82, 2.24) is 9.97 Å². The molecule has 3 heterocycles. The van der Waals surface area contributed by atoms with Gasteiger partial charge in [0, 0.05) is 36.1 Å². The second kappa shape index (κ2) is 11.5. The van der Waals surface area contributed by atoms with Crippen molar-refractivity contribution in [2.45, 2.75) is 63.7 Å². The first-order chi connectivity index (χ1) is 15.1. The van der Waals surface area contributed by atoms with Gasteiger partial charge in [-0.3, -0.25) is 4.79 Å². The number of hydrogen-bond donors (Lipinski definition) is 2. The molecule has 1 aliphatic heterocycles. The lowest BCUT2D eigenvalue weighted by molar-refractivity contribution is -0.137. The van der Waals surface area contributed by atoms with Gasteiger partial charge in [0.2, 0.25) is 5.88 Å². The van der Waals surface area contributed by atoms with Crippen molar-refractivity contribution in [2.24, 2.45) is 0 Å². The number of pyridine rings is 2. The third-order valence-electron chi connectivity index (χ3n) is 5.85. The summed E-state index contributed by atoms with van der Waals surface area (Å²) in [5.74, 6) is 1.66. The van der Waals surface area contributed by atoms with E-state index in [1.165, 1.54) is 5.56 Å². The van der Waals surface area contributed by atoms with Crippen LogP contribution in [0.2, 0.25) is 0 Å². The van der Waals surface area contributed by atoms with Crippen LogP contribution in [0.15, 0.2) is 24.4 Å². The van der Waals surface area contributed by atoms with E-state index in [-0.39, 0.29) is 12.3 Å². The molecule has 0 spiro atoms. The number of nitrogens with one attached hydrogen (secondary N) is 1.